The molecule has 4 aromatic rings. The third kappa shape index (κ3) is 3.26. The number of rotatable bonds is 4. The molecule has 3 heterocycles. The predicted molar refractivity (Wildman–Crippen MR) is 97.2 cm³/mol. The van der Waals surface area contributed by atoms with E-state index in [0.29, 0.717) is 5.13 Å². The minimum absolute atomic E-state index is 0.565. The van der Waals surface area contributed by atoms with E-state index in [1.807, 2.05) is 42.5 Å². The van der Waals surface area contributed by atoms with Crippen LogP contribution in [0.5, 0.6) is 0 Å². The molecule has 0 aliphatic heterocycles. The Bertz CT molecular complexity index is 923. The Kier molecular flexibility index (Phi) is 4.06. The van der Waals surface area contributed by atoms with Crippen molar-refractivity contribution in [3.05, 3.63) is 60.0 Å². The summed E-state index contributed by atoms with van der Waals surface area (Å²) in [6.45, 7) is 0. The second kappa shape index (κ2) is 6.49. The molecule has 1 aromatic carbocycles. The zero-order valence-electron chi connectivity index (χ0n) is 11.8. The van der Waals surface area contributed by atoms with Gasteiger partial charge in [0, 0.05) is 15.3 Å². The zero-order chi connectivity index (χ0) is 15.5. The smallest absolute Gasteiger partial charge is 0.143 e. The molecule has 4 rings (SSSR count). The number of thiophene rings is 2. The van der Waals surface area contributed by atoms with Crippen LogP contribution >= 0.6 is 34.0 Å². The van der Waals surface area contributed by atoms with Crippen molar-refractivity contribution in [2.24, 2.45) is 10.2 Å². The first-order valence-electron chi connectivity index (χ1n) is 6.83. The van der Waals surface area contributed by atoms with Crippen molar-refractivity contribution in [3.8, 4) is 20.3 Å². The lowest BCUT2D eigenvalue weighted by atomic mass is 10.2. The van der Waals surface area contributed by atoms with Crippen LogP contribution in [0.3, 0.4) is 0 Å². The summed E-state index contributed by atoms with van der Waals surface area (Å²) >= 11 is 4.78. The van der Waals surface area contributed by atoms with Gasteiger partial charge in [-0.15, -0.1) is 43.1 Å². The highest BCUT2D eigenvalue weighted by molar-refractivity contribution is 7.23. The zero-order valence-corrected chi connectivity index (χ0v) is 14.2. The molecule has 0 saturated carbocycles. The molecule has 112 valence electrons. The number of benzene rings is 1. The Balaban J connectivity index is 1.52. The molecule has 0 aliphatic carbocycles. The maximum atomic E-state index is 4.27. The average molecular weight is 354 g/mol. The third-order valence-electron chi connectivity index (χ3n) is 3.03. The first-order valence-corrected chi connectivity index (χ1v) is 9.34. The maximum absolute atomic E-state index is 4.27. The summed E-state index contributed by atoms with van der Waals surface area (Å²) in [5, 5.41) is 21.1. The normalized spacial score (nSPS) is 11.3. The van der Waals surface area contributed by atoms with Crippen LogP contribution in [0.1, 0.15) is 0 Å². The van der Waals surface area contributed by atoms with Gasteiger partial charge in [-0.3, -0.25) is 0 Å². The molecule has 4 nitrogen and oxygen atoms in total. The molecule has 0 amide bonds. The van der Waals surface area contributed by atoms with Gasteiger partial charge < -0.3 is 0 Å². The number of hydrogen-bond acceptors (Lipinski definition) is 7. The van der Waals surface area contributed by atoms with Crippen molar-refractivity contribution in [1.29, 1.82) is 0 Å². The van der Waals surface area contributed by atoms with Crippen LogP contribution in [-0.2, 0) is 0 Å². The van der Waals surface area contributed by atoms with E-state index in [2.05, 4.69) is 37.9 Å². The van der Waals surface area contributed by atoms with E-state index in [9.17, 15) is 0 Å². The predicted octanol–water partition coefficient (Wildman–Crippen LogP) is 6.41. The quantitative estimate of drug-likeness (QED) is 0.398. The second-order valence-corrected chi connectivity index (χ2v) is 7.54. The highest BCUT2D eigenvalue weighted by atomic mass is 32.1. The minimum atomic E-state index is 0.565. The molecule has 7 heteroatoms. The molecular weight excluding hydrogens is 344 g/mol. The van der Waals surface area contributed by atoms with Crippen LogP contribution in [-0.4, -0.2) is 10.2 Å². The molecule has 0 aliphatic rings. The topological polar surface area (TPSA) is 50.5 Å². The van der Waals surface area contributed by atoms with Gasteiger partial charge in [0.15, 0.2) is 0 Å². The molecule has 0 radical (unpaired) electrons. The maximum Gasteiger partial charge on any atom is 0.252 e. The Morgan fingerprint density at radius 3 is 2.48 bits per heavy atom. The van der Waals surface area contributed by atoms with Gasteiger partial charge in [0.2, 0.25) is 0 Å². The van der Waals surface area contributed by atoms with Crippen LogP contribution < -0.4 is 0 Å². The van der Waals surface area contributed by atoms with Crippen molar-refractivity contribution >= 4 is 44.1 Å². The van der Waals surface area contributed by atoms with Gasteiger partial charge in [-0.2, -0.15) is 0 Å². The fourth-order valence-electron chi connectivity index (χ4n) is 1.98. The second-order valence-electron chi connectivity index (χ2n) is 4.57. The molecule has 3 aromatic heterocycles. The molecule has 23 heavy (non-hydrogen) atoms. The van der Waals surface area contributed by atoms with Gasteiger partial charge in [-0.25, -0.2) is 0 Å². The standard InChI is InChI=1S/C16H10N4S3/c1-2-5-11(6-3-1)15-18-20-16(23-15)19-17-14-9-8-13(22-14)12-7-4-10-21-12/h1-10H/b19-17+. The summed E-state index contributed by atoms with van der Waals surface area (Å²) in [4.78, 5) is 2.45. The lowest BCUT2D eigenvalue weighted by molar-refractivity contribution is 1.06. The van der Waals surface area contributed by atoms with E-state index in [4.69, 9.17) is 0 Å². The number of azo groups is 1. The van der Waals surface area contributed by atoms with Gasteiger partial charge in [-0.1, -0.05) is 47.7 Å². The molecule has 0 N–H and O–H groups in total. The molecular formula is C16H10N4S3. The first-order chi connectivity index (χ1) is 11.4. The SMILES string of the molecule is c1ccc(-c2nnc(/N=N/c3ccc(-c4cccs4)s3)s2)cc1. The van der Waals surface area contributed by atoms with Crippen LogP contribution in [0, 0.1) is 0 Å². The van der Waals surface area contributed by atoms with Crippen LogP contribution in [0.15, 0.2) is 70.2 Å². The molecule has 0 fully saturated rings. The van der Waals surface area contributed by atoms with Crippen LogP contribution in [0.2, 0.25) is 0 Å². The van der Waals surface area contributed by atoms with Gasteiger partial charge >= 0.3 is 0 Å². The Labute approximate surface area is 144 Å². The summed E-state index contributed by atoms with van der Waals surface area (Å²) < 4.78 is 0. The number of nitrogens with zero attached hydrogens (tertiary/aromatic N) is 4. The largest absolute Gasteiger partial charge is 0.252 e. The van der Waals surface area contributed by atoms with Crippen molar-refractivity contribution in [1.82, 2.24) is 10.2 Å². The number of hydrogen-bond donors (Lipinski definition) is 0. The van der Waals surface area contributed by atoms with E-state index in [1.54, 1.807) is 22.7 Å². The summed E-state index contributed by atoms with van der Waals surface area (Å²) in [5.74, 6) is 0. The lowest BCUT2D eigenvalue weighted by Gasteiger charge is -1.90. The summed E-state index contributed by atoms with van der Waals surface area (Å²) in [7, 11) is 0. The lowest BCUT2D eigenvalue weighted by Crippen LogP contribution is -1.74. The fraction of sp³-hybridized carbons (Fsp3) is 0. The molecule has 0 saturated heterocycles. The van der Waals surface area contributed by atoms with Gasteiger partial charge in [0.25, 0.3) is 5.13 Å². The average Bonchev–Trinajstić information content (AvgIpc) is 3.33. The van der Waals surface area contributed by atoms with Crippen molar-refractivity contribution in [3.63, 3.8) is 0 Å². The van der Waals surface area contributed by atoms with E-state index in [0.717, 1.165) is 15.6 Å². The summed E-state index contributed by atoms with van der Waals surface area (Å²) in [6.07, 6.45) is 0. The molecule has 0 unspecified atom stereocenters. The van der Waals surface area contributed by atoms with Gasteiger partial charge in [-0.05, 0) is 23.6 Å². The fourth-order valence-corrected chi connectivity index (χ4v) is 4.31. The molecule has 0 atom stereocenters. The highest BCUT2D eigenvalue weighted by Crippen LogP contribution is 2.36. The van der Waals surface area contributed by atoms with Gasteiger partial charge in [0.05, 0.1) is 0 Å². The number of aromatic nitrogens is 2. The Hall–Kier alpha value is -2.22. The Morgan fingerprint density at radius 1 is 0.739 bits per heavy atom. The van der Waals surface area contributed by atoms with E-state index >= 15 is 0 Å². The van der Waals surface area contributed by atoms with E-state index in [1.165, 1.54) is 21.1 Å². The van der Waals surface area contributed by atoms with Gasteiger partial charge in [0.1, 0.15) is 10.0 Å². The van der Waals surface area contributed by atoms with Crippen molar-refractivity contribution < 1.29 is 0 Å². The van der Waals surface area contributed by atoms with Crippen molar-refractivity contribution in [2.45, 2.75) is 0 Å². The monoisotopic (exact) mass is 354 g/mol. The highest BCUT2D eigenvalue weighted by Gasteiger charge is 2.06. The Morgan fingerprint density at radius 2 is 1.65 bits per heavy atom. The van der Waals surface area contributed by atoms with Crippen molar-refractivity contribution in [2.75, 3.05) is 0 Å². The first kappa shape index (κ1) is 14.4. The summed E-state index contributed by atoms with van der Waals surface area (Å²) in [5.41, 5.74) is 1.04. The van der Waals surface area contributed by atoms with Crippen LogP contribution in [0.4, 0.5) is 10.1 Å². The van der Waals surface area contributed by atoms with Crippen LogP contribution in [0.25, 0.3) is 20.3 Å². The van der Waals surface area contributed by atoms with E-state index in [-0.39, 0.29) is 0 Å². The summed E-state index contributed by atoms with van der Waals surface area (Å²) in [6, 6.07) is 18.2. The molecule has 0 bridgehead atoms. The van der Waals surface area contributed by atoms with E-state index < -0.39 is 0 Å². The molecule has 0 spiro atoms. The minimum Gasteiger partial charge on any atom is -0.143 e. The third-order valence-corrected chi connectivity index (χ3v) is 5.92.